The van der Waals surface area contributed by atoms with Gasteiger partial charge in [-0.15, -0.1) is 0 Å². The van der Waals surface area contributed by atoms with Crippen LogP contribution in [0.3, 0.4) is 0 Å². The summed E-state index contributed by atoms with van der Waals surface area (Å²) in [6, 6.07) is 23.5. The molecule has 3 rings (SSSR count). The molecule has 0 bridgehead atoms. The topological polar surface area (TPSA) is 59.3 Å². The molecular weight excluding hydrogens is 398 g/mol. The van der Waals surface area contributed by atoms with E-state index in [1.165, 1.54) is 6.08 Å². The number of carbonyl (C=O) groups excluding carboxylic acids is 1. The molecule has 0 fully saturated rings. The number of rotatable bonds is 6. The lowest BCUT2D eigenvalue weighted by atomic mass is 10.0. The quantitative estimate of drug-likeness (QED) is 0.162. The first-order valence-electron chi connectivity index (χ1n) is 9.09. The van der Waals surface area contributed by atoms with Gasteiger partial charge in [0.25, 0.3) is 0 Å². The van der Waals surface area contributed by atoms with E-state index in [1.54, 1.807) is 55.7 Å². The highest BCUT2D eigenvalue weighted by Gasteiger charge is 2.05. The van der Waals surface area contributed by atoms with E-state index in [0.29, 0.717) is 27.7 Å². The lowest BCUT2D eigenvalue weighted by Crippen LogP contribution is -2.03. The fraction of sp³-hybridized carbons (Fsp3) is 0.0400. The summed E-state index contributed by atoms with van der Waals surface area (Å²) in [5, 5.41) is 10.1. The highest BCUT2D eigenvalue weighted by molar-refractivity contribution is 6.30. The number of hydrogen-bond donors (Lipinski definition) is 0. The van der Waals surface area contributed by atoms with Crippen LogP contribution in [0.25, 0.3) is 17.7 Å². The summed E-state index contributed by atoms with van der Waals surface area (Å²) in [6.07, 6.45) is 4.72. The highest BCUT2D eigenvalue weighted by atomic mass is 35.5. The van der Waals surface area contributed by atoms with Crippen molar-refractivity contribution in [3.05, 3.63) is 101 Å². The first kappa shape index (κ1) is 20.9. The molecule has 148 valence electrons. The van der Waals surface area contributed by atoms with Gasteiger partial charge < -0.3 is 9.47 Å². The van der Waals surface area contributed by atoms with Crippen molar-refractivity contribution in [2.24, 2.45) is 0 Å². The van der Waals surface area contributed by atoms with Crippen molar-refractivity contribution in [2.75, 3.05) is 7.11 Å². The van der Waals surface area contributed by atoms with Crippen LogP contribution in [-0.2, 0) is 4.79 Å². The number of nitrogens with zero attached hydrogens (tertiary/aromatic N) is 1. The zero-order valence-corrected chi connectivity index (χ0v) is 17.0. The zero-order valence-electron chi connectivity index (χ0n) is 16.2. The van der Waals surface area contributed by atoms with Crippen LogP contribution < -0.4 is 9.47 Å². The predicted molar refractivity (Wildman–Crippen MR) is 119 cm³/mol. The van der Waals surface area contributed by atoms with Gasteiger partial charge >= 0.3 is 5.97 Å². The van der Waals surface area contributed by atoms with Crippen LogP contribution in [0.2, 0.25) is 5.02 Å². The second-order valence-electron chi connectivity index (χ2n) is 6.28. The monoisotopic (exact) mass is 415 g/mol. The average Bonchev–Trinajstić information content (AvgIpc) is 2.76. The molecule has 0 aliphatic carbocycles. The number of benzene rings is 3. The van der Waals surface area contributed by atoms with Crippen LogP contribution in [0.1, 0.15) is 16.7 Å². The largest absolute Gasteiger partial charge is 0.497 e. The molecule has 30 heavy (non-hydrogen) atoms. The number of allylic oxidation sites excluding steroid dienone is 1. The van der Waals surface area contributed by atoms with E-state index in [-0.39, 0.29) is 0 Å². The van der Waals surface area contributed by atoms with E-state index in [0.717, 1.165) is 11.1 Å². The summed E-state index contributed by atoms with van der Waals surface area (Å²) >= 11 is 6.01. The summed E-state index contributed by atoms with van der Waals surface area (Å²) in [7, 11) is 1.59. The van der Waals surface area contributed by atoms with Crippen LogP contribution in [0, 0.1) is 11.3 Å². The molecule has 0 saturated heterocycles. The maximum absolute atomic E-state index is 12.2. The van der Waals surface area contributed by atoms with E-state index in [4.69, 9.17) is 21.1 Å². The Morgan fingerprint density at radius 1 is 0.967 bits per heavy atom. The number of methoxy groups -OCH3 is 1. The Balaban J connectivity index is 1.74. The third kappa shape index (κ3) is 5.84. The van der Waals surface area contributed by atoms with Gasteiger partial charge in [-0.1, -0.05) is 48.0 Å². The predicted octanol–water partition coefficient (Wildman–Crippen LogP) is 6.03. The zero-order chi connectivity index (χ0) is 21.3. The number of carbonyl (C=O) groups is 1. The van der Waals surface area contributed by atoms with Crippen molar-refractivity contribution in [1.29, 1.82) is 5.26 Å². The molecule has 0 aromatic heterocycles. The number of esters is 1. The van der Waals surface area contributed by atoms with Crippen molar-refractivity contribution in [3.63, 3.8) is 0 Å². The van der Waals surface area contributed by atoms with Crippen molar-refractivity contribution >= 4 is 35.3 Å². The number of halogens is 1. The molecule has 0 saturated carbocycles. The summed E-state index contributed by atoms with van der Waals surface area (Å²) in [4.78, 5) is 12.2. The smallest absolute Gasteiger partial charge is 0.336 e. The van der Waals surface area contributed by atoms with Gasteiger partial charge in [-0.25, -0.2) is 4.79 Å². The Hall–Kier alpha value is -3.81. The van der Waals surface area contributed by atoms with Gasteiger partial charge in [0.15, 0.2) is 0 Å². The van der Waals surface area contributed by atoms with E-state index < -0.39 is 5.97 Å². The molecule has 0 aliphatic rings. The Kier molecular flexibility index (Phi) is 7.05. The van der Waals surface area contributed by atoms with Gasteiger partial charge in [-0.3, -0.25) is 0 Å². The van der Waals surface area contributed by atoms with Gasteiger partial charge in [0.1, 0.15) is 11.5 Å². The van der Waals surface area contributed by atoms with E-state index in [2.05, 4.69) is 6.07 Å². The molecular formula is C25H18ClNO3. The molecule has 0 radical (unpaired) electrons. The van der Waals surface area contributed by atoms with Crippen LogP contribution in [0.5, 0.6) is 11.5 Å². The van der Waals surface area contributed by atoms with Gasteiger partial charge in [0, 0.05) is 11.1 Å². The molecule has 0 heterocycles. The summed E-state index contributed by atoms with van der Waals surface area (Å²) in [5.74, 6) is 0.583. The Morgan fingerprint density at radius 2 is 1.67 bits per heavy atom. The standard InChI is InChI=1S/C25H18ClNO3/c1-29-23-9-2-5-18(14-23)11-12-25(28)30-24-10-3-6-19(15-24)13-21(17-27)20-7-4-8-22(26)16-20/h2-16H,1H3/b12-11+,21-13-. The molecule has 3 aromatic carbocycles. The SMILES string of the molecule is COc1cccc(/C=C/C(=O)Oc2cccc(/C=C(/C#N)c3cccc(Cl)c3)c2)c1. The molecule has 0 unspecified atom stereocenters. The van der Waals surface area contributed by atoms with Crippen molar-refractivity contribution < 1.29 is 14.3 Å². The van der Waals surface area contributed by atoms with Crippen molar-refractivity contribution in [3.8, 4) is 17.6 Å². The second-order valence-corrected chi connectivity index (χ2v) is 6.72. The minimum absolute atomic E-state index is 0.382. The van der Waals surface area contributed by atoms with Crippen LogP contribution in [-0.4, -0.2) is 13.1 Å². The second kappa shape index (κ2) is 10.1. The maximum atomic E-state index is 12.2. The molecule has 0 spiro atoms. The number of nitriles is 1. The first-order valence-corrected chi connectivity index (χ1v) is 9.47. The Labute approximate surface area is 180 Å². The van der Waals surface area contributed by atoms with Gasteiger partial charge in [-0.2, -0.15) is 5.26 Å². The third-order valence-electron chi connectivity index (χ3n) is 4.15. The fourth-order valence-electron chi connectivity index (χ4n) is 2.73. The molecule has 0 aliphatic heterocycles. The minimum atomic E-state index is -0.505. The normalized spacial score (nSPS) is 11.2. The molecule has 0 atom stereocenters. The fourth-order valence-corrected chi connectivity index (χ4v) is 2.92. The molecule has 5 heteroatoms. The number of ether oxygens (including phenoxy) is 2. The average molecular weight is 416 g/mol. The summed E-state index contributed by atoms with van der Waals surface area (Å²) in [5.41, 5.74) is 2.73. The van der Waals surface area contributed by atoms with Crippen molar-refractivity contribution in [2.45, 2.75) is 0 Å². The van der Waals surface area contributed by atoms with Crippen molar-refractivity contribution in [1.82, 2.24) is 0 Å². The Bertz CT molecular complexity index is 1160. The van der Waals surface area contributed by atoms with Gasteiger partial charge in [-0.05, 0) is 65.2 Å². The number of hydrogen-bond acceptors (Lipinski definition) is 4. The highest BCUT2D eigenvalue weighted by Crippen LogP contribution is 2.23. The lowest BCUT2D eigenvalue weighted by molar-refractivity contribution is -0.128. The molecule has 0 N–H and O–H groups in total. The maximum Gasteiger partial charge on any atom is 0.336 e. The molecule has 4 nitrogen and oxygen atoms in total. The molecule has 0 amide bonds. The van der Waals surface area contributed by atoms with Gasteiger partial charge in [0.05, 0.1) is 18.8 Å². The molecule has 3 aromatic rings. The van der Waals surface area contributed by atoms with Crippen LogP contribution >= 0.6 is 11.6 Å². The van der Waals surface area contributed by atoms with E-state index in [9.17, 15) is 10.1 Å². The van der Waals surface area contributed by atoms with E-state index >= 15 is 0 Å². The van der Waals surface area contributed by atoms with Crippen LogP contribution in [0.4, 0.5) is 0 Å². The Morgan fingerprint density at radius 3 is 2.40 bits per heavy atom. The lowest BCUT2D eigenvalue weighted by Gasteiger charge is -2.04. The first-order chi connectivity index (χ1) is 14.6. The van der Waals surface area contributed by atoms with E-state index in [1.807, 2.05) is 36.4 Å². The van der Waals surface area contributed by atoms with Gasteiger partial charge in [0.2, 0.25) is 0 Å². The van der Waals surface area contributed by atoms with Crippen LogP contribution in [0.15, 0.2) is 78.9 Å². The third-order valence-corrected chi connectivity index (χ3v) is 4.38. The minimum Gasteiger partial charge on any atom is -0.497 e. The summed E-state index contributed by atoms with van der Waals surface area (Å²) in [6.45, 7) is 0. The summed E-state index contributed by atoms with van der Waals surface area (Å²) < 4.78 is 10.5.